The maximum Gasteiger partial charge on any atom is 0.191 e. The predicted octanol–water partition coefficient (Wildman–Crippen LogP) is 2.70. The predicted molar refractivity (Wildman–Crippen MR) is 84.9 cm³/mol. The first-order valence-corrected chi connectivity index (χ1v) is 7.61. The summed E-state index contributed by atoms with van der Waals surface area (Å²) in [6, 6.07) is 6.72. The van der Waals surface area contributed by atoms with E-state index in [1.807, 2.05) is 19.9 Å². The number of unbranched alkanes of at least 4 members (excludes halogenated alkanes) is 1. The van der Waals surface area contributed by atoms with Gasteiger partial charge in [-0.05, 0) is 32.8 Å². The fraction of sp³-hybridized carbons (Fsp3) is 0.562. The zero-order valence-electron chi connectivity index (χ0n) is 13.0. The van der Waals surface area contributed by atoms with Crippen molar-refractivity contribution in [2.75, 3.05) is 26.3 Å². The van der Waals surface area contributed by atoms with Crippen LogP contribution in [-0.2, 0) is 11.3 Å². The molecule has 0 saturated heterocycles. The molecule has 0 spiro atoms. The van der Waals surface area contributed by atoms with Crippen molar-refractivity contribution in [1.29, 1.82) is 0 Å². The second-order valence-electron chi connectivity index (χ2n) is 4.62. The molecule has 0 radical (unpaired) electrons. The first-order valence-electron chi connectivity index (χ1n) is 7.61. The van der Waals surface area contributed by atoms with Crippen molar-refractivity contribution in [2.24, 2.45) is 4.99 Å². The largest absolute Gasteiger partial charge is 0.382 e. The zero-order chi connectivity index (χ0) is 15.3. The van der Waals surface area contributed by atoms with Crippen LogP contribution in [0.25, 0.3) is 0 Å². The summed E-state index contributed by atoms with van der Waals surface area (Å²) in [6.45, 7) is 7.51. The Balaban J connectivity index is 2.38. The van der Waals surface area contributed by atoms with Crippen LogP contribution in [-0.4, -0.2) is 32.3 Å². The average molecular weight is 295 g/mol. The molecule has 0 unspecified atom stereocenters. The van der Waals surface area contributed by atoms with Crippen LogP contribution < -0.4 is 10.6 Å². The fourth-order valence-electron chi connectivity index (χ4n) is 1.81. The Bertz CT molecular complexity index is 424. The topological polar surface area (TPSA) is 45.7 Å². The number of rotatable bonds is 9. The maximum absolute atomic E-state index is 13.5. The summed E-state index contributed by atoms with van der Waals surface area (Å²) in [4.78, 5) is 4.40. The number of halogens is 1. The van der Waals surface area contributed by atoms with Crippen molar-refractivity contribution in [1.82, 2.24) is 10.6 Å². The monoisotopic (exact) mass is 295 g/mol. The maximum atomic E-state index is 13.5. The summed E-state index contributed by atoms with van der Waals surface area (Å²) in [5.74, 6) is 0.506. The molecule has 0 aliphatic heterocycles. The number of hydrogen-bond acceptors (Lipinski definition) is 2. The van der Waals surface area contributed by atoms with Gasteiger partial charge >= 0.3 is 0 Å². The van der Waals surface area contributed by atoms with Crippen LogP contribution >= 0.6 is 0 Å². The van der Waals surface area contributed by atoms with Crippen molar-refractivity contribution in [3.63, 3.8) is 0 Å². The van der Waals surface area contributed by atoms with Gasteiger partial charge in [-0.25, -0.2) is 9.38 Å². The van der Waals surface area contributed by atoms with E-state index in [-0.39, 0.29) is 5.82 Å². The third-order valence-corrected chi connectivity index (χ3v) is 2.92. The summed E-state index contributed by atoms with van der Waals surface area (Å²) in [5, 5.41) is 6.41. The highest BCUT2D eigenvalue weighted by atomic mass is 19.1. The van der Waals surface area contributed by atoms with Gasteiger partial charge in [-0.2, -0.15) is 0 Å². The van der Waals surface area contributed by atoms with Crippen molar-refractivity contribution in [3.05, 3.63) is 35.6 Å². The highest BCUT2D eigenvalue weighted by Gasteiger charge is 2.01. The summed E-state index contributed by atoms with van der Waals surface area (Å²) < 4.78 is 18.8. The van der Waals surface area contributed by atoms with Crippen LogP contribution in [0.1, 0.15) is 32.3 Å². The molecule has 0 heterocycles. The van der Waals surface area contributed by atoms with Crippen LogP contribution in [0, 0.1) is 5.82 Å². The SMILES string of the molecule is CCNC(=NCc1ccccc1F)NCCCCOCC. The van der Waals surface area contributed by atoms with Gasteiger partial charge in [0.2, 0.25) is 0 Å². The van der Waals surface area contributed by atoms with Gasteiger partial charge in [0, 0.05) is 31.9 Å². The molecule has 0 aliphatic rings. The van der Waals surface area contributed by atoms with Gasteiger partial charge in [0.05, 0.1) is 6.54 Å². The average Bonchev–Trinajstić information content (AvgIpc) is 2.49. The quantitative estimate of drug-likeness (QED) is 0.418. The highest BCUT2D eigenvalue weighted by Crippen LogP contribution is 2.07. The van der Waals surface area contributed by atoms with E-state index < -0.39 is 0 Å². The first kappa shape index (κ1) is 17.4. The molecule has 2 N–H and O–H groups in total. The molecule has 4 nitrogen and oxygen atoms in total. The summed E-state index contributed by atoms with van der Waals surface area (Å²) in [6.07, 6.45) is 2.04. The van der Waals surface area contributed by atoms with Gasteiger partial charge in [0.25, 0.3) is 0 Å². The smallest absolute Gasteiger partial charge is 0.191 e. The first-order chi connectivity index (χ1) is 10.3. The van der Waals surface area contributed by atoms with Crippen molar-refractivity contribution in [3.8, 4) is 0 Å². The number of nitrogens with one attached hydrogen (secondary N) is 2. The van der Waals surface area contributed by atoms with E-state index in [1.165, 1.54) is 6.07 Å². The molecule has 0 atom stereocenters. The number of nitrogens with zero attached hydrogens (tertiary/aromatic N) is 1. The van der Waals surface area contributed by atoms with Crippen molar-refractivity contribution >= 4 is 5.96 Å². The molecule has 1 aromatic rings. The third-order valence-electron chi connectivity index (χ3n) is 2.92. The van der Waals surface area contributed by atoms with Crippen LogP contribution in [0.5, 0.6) is 0 Å². The molecular formula is C16H26FN3O. The molecule has 1 aromatic carbocycles. The Morgan fingerprint density at radius 3 is 2.71 bits per heavy atom. The number of benzene rings is 1. The molecule has 0 fully saturated rings. The number of guanidine groups is 1. The minimum absolute atomic E-state index is 0.214. The molecule has 118 valence electrons. The third kappa shape index (κ3) is 7.66. The number of aliphatic imine (C=N–C) groups is 1. The summed E-state index contributed by atoms with van der Waals surface area (Å²) in [7, 11) is 0. The van der Waals surface area contributed by atoms with Gasteiger partial charge in [-0.3, -0.25) is 0 Å². The molecular weight excluding hydrogens is 269 g/mol. The lowest BCUT2D eigenvalue weighted by Gasteiger charge is -2.11. The highest BCUT2D eigenvalue weighted by molar-refractivity contribution is 5.79. The molecule has 0 aliphatic carbocycles. The summed E-state index contributed by atoms with van der Waals surface area (Å²) >= 11 is 0. The molecule has 21 heavy (non-hydrogen) atoms. The molecule has 0 amide bonds. The van der Waals surface area contributed by atoms with E-state index in [9.17, 15) is 4.39 Å². The minimum Gasteiger partial charge on any atom is -0.382 e. The van der Waals surface area contributed by atoms with Crippen molar-refractivity contribution in [2.45, 2.75) is 33.2 Å². The van der Waals surface area contributed by atoms with Crippen molar-refractivity contribution < 1.29 is 9.13 Å². The standard InChI is InChI=1S/C16H26FN3O/c1-3-18-16(19-11-7-8-12-21-4-2)20-13-14-9-5-6-10-15(14)17/h5-6,9-10H,3-4,7-8,11-13H2,1-2H3,(H2,18,19,20). The van der Waals surface area contributed by atoms with E-state index in [2.05, 4.69) is 15.6 Å². The lowest BCUT2D eigenvalue weighted by molar-refractivity contribution is 0.143. The van der Waals surface area contributed by atoms with E-state index in [1.54, 1.807) is 12.1 Å². The normalized spacial score (nSPS) is 11.5. The van der Waals surface area contributed by atoms with Gasteiger partial charge < -0.3 is 15.4 Å². The second kappa shape index (κ2) is 11.1. The fourth-order valence-corrected chi connectivity index (χ4v) is 1.81. The van der Waals surface area contributed by atoms with E-state index >= 15 is 0 Å². The van der Waals surface area contributed by atoms with E-state index in [0.29, 0.717) is 12.1 Å². The molecule has 5 heteroatoms. The Morgan fingerprint density at radius 1 is 1.19 bits per heavy atom. The van der Waals surface area contributed by atoms with Gasteiger partial charge in [-0.1, -0.05) is 18.2 Å². The van der Waals surface area contributed by atoms with Gasteiger partial charge in [-0.15, -0.1) is 0 Å². The van der Waals surface area contributed by atoms with E-state index in [0.717, 1.165) is 45.1 Å². The lowest BCUT2D eigenvalue weighted by Crippen LogP contribution is -2.37. The van der Waals surface area contributed by atoms with Gasteiger partial charge in [0.15, 0.2) is 5.96 Å². The molecule has 0 bridgehead atoms. The number of ether oxygens (including phenoxy) is 1. The Labute approximate surface area is 126 Å². The molecule has 1 rings (SSSR count). The van der Waals surface area contributed by atoms with Crippen LogP contribution in [0.2, 0.25) is 0 Å². The Hall–Kier alpha value is -1.62. The number of hydrogen-bond donors (Lipinski definition) is 2. The molecule has 0 aromatic heterocycles. The van der Waals surface area contributed by atoms with Crippen LogP contribution in [0.3, 0.4) is 0 Å². The van der Waals surface area contributed by atoms with Crippen LogP contribution in [0.4, 0.5) is 4.39 Å². The Morgan fingerprint density at radius 2 is 2.00 bits per heavy atom. The minimum atomic E-state index is -0.214. The second-order valence-corrected chi connectivity index (χ2v) is 4.62. The summed E-state index contributed by atoms with van der Waals surface area (Å²) in [5.41, 5.74) is 0.603. The van der Waals surface area contributed by atoms with E-state index in [4.69, 9.17) is 4.74 Å². The zero-order valence-corrected chi connectivity index (χ0v) is 13.0. The lowest BCUT2D eigenvalue weighted by atomic mass is 10.2. The van der Waals surface area contributed by atoms with Crippen LogP contribution in [0.15, 0.2) is 29.3 Å². The van der Waals surface area contributed by atoms with Gasteiger partial charge in [0.1, 0.15) is 5.82 Å². The Kier molecular flexibility index (Phi) is 9.20. The molecule has 0 saturated carbocycles.